The van der Waals surface area contributed by atoms with Crippen molar-refractivity contribution in [3.05, 3.63) is 65.2 Å². The minimum absolute atomic E-state index is 0.117. The number of anilines is 1. The van der Waals surface area contributed by atoms with Crippen LogP contribution in [0.5, 0.6) is 0 Å². The van der Waals surface area contributed by atoms with Gasteiger partial charge in [0.2, 0.25) is 5.91 Å². The van der Waals surface area contributed by atoms with Crippen molar-refractivity contribution in [1.29, 1.82) is 0 Å². The molecule has 0 aromatic heterocycles. The highest BCUT2D eigenvalue weighted by atomic mass is 16.2. The summed E-state index contributed by atoms with van der Waals surface area (Å²) in [7, 11) is 0. The van der Waals surface area contributed by atoms with Crippen LogP contribution in [-0.2, 0) is 4.79 Å². The van der Waals surface area contributed by atoms with Crippen molar-refractivity contribution in [2.45, 2.75) is 33.2 Å². The van der Waals surface area contributed by atoms with E-state index in [9.17, 15) is 9.59 Å². The Balaban J connectivity index is 1.87. The molecule has 2 N–H and O–H groups in total. The lowest BCUT2D eigenvalue weighted by Crippen LogP contribution is -2.35. The second kappa shape index (κ2) is 7.58. The van der Waals surface area contributed by atoms with Crippen LogP contribution >= 0.6 is 0 Å². The quantitative estimate of drug-likeness (QED) is 0.888. The van der Waals surface area contributed by atoms with Crippen LogP contribution in [-0.4, -0.2) is 17.9 Å². The van der Waals surface area contributed by atoms with Crippen LogP contribution in [0.15, 0.2) is 48.5 Å². The Bertz CT molecular complexity index is 696. The molecule has 0 spiro atoms. The standard InChI is InChI=1S/C19H22N2O2/c1-13-9-10-17(11-14(13)2)21-18(22)12-15(3)20-19(23)16-7-5-4-6-8-16/h4-11,15H,12H2,1-3H3,(H,20,23)(H,21,22). The Labute approximate surface area is 136 Å². The summed E-state index contributed by atoms with van der Waals surface area (Å²) < 4.78 is 0. The number of hydrogen-bond donors (Lipinski definition) is 2. The van der Waals surface area contributed by atoms with Gasteiger partial charge in [0.1, 0.15) is 0 Å². The zero-order chi connectivity index (χ0) is 16.8. The first-order valence-corrected chi connectivity index (χ1v) is 7.68. The van der Waals surface area contributed by atoms with Crippen LogP contribution in [0.2, 0.25) is 0 Å². The second-order valence-electron chi connectivity index (χ2n) is 5.79. The summed E-state index contributed by atoms with van der Waals surface area (Å²) in [5.74, 6) is -0.286. The first-order chi connectivity index (χ1) is 11.0. The van der Waals surface area contributed by atoms with Crippen molar-refractivity contribution >= 4 is 17.5 Å². The first-order valence-electron chi connectivity index (χ1n) is 7.68. The summed E-state index contributed by atoms with van der Waals surface area (Å²) in [6.07, 6.45) is 0.228. The maximum Gasteiger partial charge on any atom is 0.251 e. The van der Waals surface area contributed by atoms with E-state index in [4.69, 9.17) is 0 Å². The normalized spacial score (nSPS) is 11.6. The highest BCUT2D eigenvalue weighted by Gasteiger charge is 2.13. The predicted molar refractivity (Wildman–Crippen MR) is 92.5 cm³/mol. The molecule has 0 aliphatic carbocycles. The third-order valence-corrected chi connectivity index (χ3v) is 3.70. The van der Waals surface area contributed by atoms with Gasteiger partial charge in [-0.3, -0.25) is 9.59 Å². The van der Waals surface area contributed by atoms with Gasteiger partial charge in [-0.25, -0.2) is 0 Å². The molecule has 0 radical (unpaired) electrons. The maximum absolute atomic E-state index is 12.1. The molecule has 0 fully saturated rings. The van der Waals surface area contributed by atoms with Gasteiger partial charge >= 0.3 is 0 Å². The minimum atomic E-state index is -0.241. The SMILES string of the molecule is Cc1ccc(NC(=O)CC(C)NC(=O)c2ccccc2)cc1C. The van der Waals surface area contributed by atoms with E-state index in [0.717, 1.165) is 11.3 Å². The fourth-order valence-electron chi connectivity index (χ4n) is 2.26. The number of carbonyl (C=O) groups is 2. The largest absolute Gasteiger partial charge is 0.349 e. The average Bonchev–Trinajstić information content (AvgIpc) is 2.51. The summed E-state index contributed by atoms with van der Waals surface area (Å²) in [6.45, 7) is 5.86. The summed E-state index contributed by atoms with van der Waals surface area (Å²) in [5, 5.41) is 5.70. The fraction of sp³-hybridized carbons (Fsp3) is 0.263. The maximum atomic E-state index is 12.1. The van der Waals surface area contributed by atoms with E-state index in [-0.39, 0.29) is 24.3 Å². The third-order valence-electron chi connectivity index (χ3n) is 3.70. The molecule has 2 rings (SSSR count). The average molecular weight is 310 g/mol. The minimum Gasteiger partial charge on any atom is -0.349 e. The van der Waals surface area contributed by atoms with E-state index in [1.54, 1.807) is 12.1 Å². The summed E-state index contributed by atoms with van der Waals surface area (Å²) in [4.78, 5) is 24.1. The molecule has 120 valence electrons. The molecule has 1 atom stereocenters. The molecule has 0 saturated carbocycles. The number of benzene rings is 2. The Morgan fingerprint density at radius 2 is 1.70 bits per heavy atom. The molecule has 0 aliphatic heterocycles. The molecule has 2 amide bonds. The van der Waals surface area contributed by atoms with Gasteiger partial charge in [0.25, 0.3) is 5.91 Å². The van der Waals surface area contributed by atoms with Crippen LogP contribution in [0.25, 0.3) is 0 Å². The number of hydrogen-bond acceptors (Lipinski definition) is 2. The molecule has 4 heteroatoms. The molecule has 0 saturated heterocycles. The number of rotatable bonds is 5. The van der Waals surface area contributed by atoms with Crippen molar-refractivity contribution in [3.63, 3.8) is 0 Å². The van der Waals surface area contributed by atoms with Crippen molar-refractivity contribution < 1.29 is 9.59 Å². The highest BCUT2D eigenvalue weighted by molar-refractivity contribution is 5.95. The van der Waals surface area contributed by atoms with E-state index in [0.29, 0.717) is 5.56 Å². The Morgan fingerprint density at radius 3 is 2.35 bits per heavy atom. The van der Waals surface area contributed by atoms with Gasteiger partial charge < -0.3 is 10.6 Å². The summed E-state index contributed by atoms with van der Waals surface area (Å²) in [6, 6.07) is 14.5. The van der Waals surface area contributed by atoms with Gasteiger partial charge in [-0.2, -0.15) is 0 Å². The molecule has 2 aromatic carbocycles. The van der Waals surface area contributed by atoms with Crippen molar-refractivity contribution in [2.75, 3.05) is 5.32 Å². The highest BCUT2D eigenvalue weighted by Crippen LogP contribution is 2.14. The lowest BCUT2D eigenvalue weighted by atomic mass is 10.1. The second-order valence-corrected chi connectivity index (χ2v) is 5.79. The zero-order valence-electron chi connectivity index (χ0n) is 13.7. The van der Waals surface area contributed by atoms with Gasteiger partial charge in [0.05, 0.1) is 0 Å². The van der Waals surface area contributed by atoms with Crippen LogP contribution in [0.4, 0.5) is 5.69 Å². The van der Waals surface area contributed by atoms with Gasteiger partial charge in [0.15, 0.2) is 0 Å². The van der Waals surface area contributed by atoms with E-state index >= 15 is 0 Å². The summed E-state index contributed by atoms with van der Waals surface area (Å²) in [5.41, 5.74) is 3.69. The molecule has 1 unspecified atom stereocenters. The van der Waals surface area contributed by atoms with Crippen LogP contribution in [0.1, 0.15) is 34.8 Å². The number of nitrogens with one attached hydrogen (secondary N) is 2. The molecular formula is C19H22N2O2. The third kappa shape index (κ3) is 4.95. The fourth-order valence-corrected chi connectivity index (χ4v) is 2.26. The van der Waals surface area contributed by atoms with Crippen molar-refractivity contribution in [2.24, 2.45) is 0 Å². The van der Waals surface area contributed by atoms with Gasteiger partial charge in [0, 0.05) is 23.7 Å². The number of aryl methyl sites for hydroxylation is 2. The molecule has 0 bridgehead atoms. The van der Waals surface area contributed by atoms with Crippen LogP contribution in [0.3, 0.4) is 0 Å². The summed E-state index contributed by atoms with van der Waals surface area (Å²) >= 11 is 0. The monoisotopic (exact) mass is 310 g/mol. The van der Waals surface area contributed by atoms with E-state index < -0.39 is 0 Å². The van der Waals surface area contributed by atoms with Crippen molar-refractivity contribution in [3.8, 4) is 0 Å². The molecule has 0 heterocycles. The van der Waals surface area contributed by atoms with Gasteiger partial charge in [-0.15, -0.1) is 0 Å². The lowest BCUT2D eigenvalue weighted by molar-refractivity contribution is -0.116. The number of carbonyl (C=O) groups excluding carboxylic acids is 2. The molecular weight excluding hydrogens is 288 g/mol. The smallest absolute Gasteiger partial charge is 0.251 e. The topological polar surface area (TPSA) is 58.2 Å². The van der Waals surface area contributed by atoms with E-state index in [1.165, 1.54) is 5.56 Å². The van der Waals surface area contributed by atoms with E-state index in [2.05, 4.69) is 10.6 Å². The van der Waals surface area contributed by atoms with E-state index in [1.807, 2.05) is 57.2 Å². The number of amides is 2. The first kappa shape index (κ1) is 16.7. The van der Waals surface area contributed by atoms with Gasteiger partial charge in [-0.05, 0) is 56.2 Å². The Morgan fingerprint density at radius 1 is 1.00 bits per heavy atom. The lowest BCUT2D eigenvalue weighted by Gasteiger charge is -2.14. The Hall–Kier alpha value is -2.62. The van der Waals surface area contributed by atoms with Crippen LogP contribution in [0, 0.1) is 13.8 Å². The molecule has 23 heavy (non-hydrogen) atoms. The Kier molecular flexibility index (Phi) is 5.52. The molecule has 4 nitrogen and oxygen atoms in total. The molecule has 2 aromatic rings. The predicted octanol–water partition coefficient (Wildman–Crippen LogP) is 3.45. The molecule has 0 aliphatic rings. The van der Waals surface area contributed by atoms with Gasteiger partial charge in [-0.1, -0.05) is 24.3 Å². The van der Waals surface area contributed by atoms with Crippen molar-refractivity contribution in [1.82, 2.24) is 5.32 Å². The zero-order valence-corrected chi connectivity index (χ0v) is 13.7. The van der Waals surface area contributed by atoms with Crippen LogP contribution < -0.4 is 10.6 Å².